The Bertz CT molecular complexity index is 923. The number of hydrogen-bond donors (Lipinski definition) is 3. The van der Waals surface area contributed by atoms with E-state index in [2.05, 4.69) is 20.9 Å². The normalized spacial score (nSPS) is 14.2. The summed E-state index contributed by atoms with van der Waals surface area (Å²) >= 11 is 0. The van der Waals surface area contributed by atoms with Gasteiger partial charge >= 0.3 is 0 Å². The second-order valence-corrected chi connectivity index (χ2v) is 7.88. The van der Waals surface area contributed by atoms with E-state index >= 15 is 0 Å². The van der Waals surface area contributed by atoms with Crippen LogP contribution in [0.25, 0.3) is 0 Å². The van der Waals surface area contributed by atoms with Gasteiger partial charge in [0.05, 0.1) is 13.2 Å². The Labute approximate surface area is 190 Å². The topological polar surface area (TPSA) is 84.0 Å². The maximum absolute atomic E-state index is 11.8. The first-order valence-corrected chi connectivity index (χ1v) is 11.2. The molecule has 1 saturated carbocycles. The van der Waals surface area contributed by atoms with Crippen LogP contribution in [0.3, 0.4) is 0 Å². The molecule has 0 spiro atoms. The van der Waals surface area contributed by atoms with Crippen molar-refractivity contribution in [3.8, 4) is 11.5 Å². The molecule has 1 aliphatic rings. The summed E-state index contributed by atoms with van der Waals surface area (Å²) in [6.07, 6.45) is 5.73. The number of hydrogen-bond acceptors (Lipinski definition) is 4. The van der Waals surface area contributed by atoms with E-state index in [1.807, 2.05) is 42.5 Å². The van der Waals surface area contributed by atoms with E-state index in [0.29, 0.717) is 18.7 Å². The van der Waals surface area contributed by atoms with E-state index in [4.69, 9.17) is 9.47 Å². The molecule has 1 amide bonds. The third kappa shape index (κ3) is 6.64. The second kappa shape index (κ2) is 12.0. The average Bonchev–Trinajstić information content (AvgIpc) is 3.34. The van der Waals surface area contributed by atoms with Crippen molar-refractivity contribution in [1.82, 2.24) is 16.0 Å². The number of ether oxygens (including phenoxy) is 2. The highest BCUT2D eigenvalue weighted by Gasteiger charge is 2.18. The molecular formula is C25H34N4O3. The van der Waals surface area contributed by atoms with Crippen LogP contribution in [0.2, 0.25) is 0 Å². The number of methoxy groups -OCH3 is 1. The molecule has 0 saturated heterocycles. The van der Waals surface area contributed by atoms with Gasteiger partial charge in [0.25, 0.3) is 5.91 Å². The molecule has 2 aromatic carbocycles. The molecule has 7 nitrogen and oxygen atoms in total. The first-order chi connectivity index (χ1) is 15.6. The predicted molar refractivity (Wildman–Crippen MR) is 128 cm³/mol. The molecule has 0 aliphatic heterocycles. The lowest BCUT2D eigenvalue weighted by molar-refractivity contribution is 0.0963. The number of nitrogens with one attached hydrogen (secondary N) is 3. The molecule has 0 aromatic heterocycles. The lowest BCUT2D eigenvalue weighted by Gasteiger charge is -2.19. The SMILES string of the molecule is CN=C(NCCc1cccc(C(=O)NC)c1)NCc1ccc(OC)cc1OC1CCCC1. The summed E-state index contributed by atoms with van der Waals surface area (Å²) in [6.45, 7) is 1.29. The van der Waals surface area contributed by atoms with Gasteiger partial charge in [0.2, 0.25) is 0 Å². The highest BCUT2D eigenvalue weighted by Crippen LogP contribution is 2.30. The first-order valence-electron chi connectivity index (χ1n) is 11.2. The van der Waals surface area contributed by atoms with Gasteiger partial charge in [0, 0.05) is 44.4 Å². The number of guanidine groups is 1. The quantitative estimate of drug-likeness (QED) is 0.413. The first kappa shape index (κ1) is 23.4. The van der Waals surface area contributed by atoms with E-state index < -0.39 is 0 Å². The van der Waals surface area contributed by atoms with Crippen LogP contribution in [-0.4, -0.2) is 45.7 Å². The Kier molecular flexibility index (Phi) is 8.78. The van der Waals surface area contributed by atoms with Crippen LogP contribution in [0.4, 0.5) is 0 Å². The van der Waals surface area contributed by atoms with Crippen molar-refractivity contribution < 1.29 is 14.3 Å². The zero-order valence-corrected chi connectivity index (χ0v) is 19.2. The fourth-order valence-electron chi connectivity index (χ4n) is 3.84. The van der Waals surface area contributed by atoms with Crippen molar-refractivity contribution in [3.05, 3.63) is 59.2 Å². The van der Waals surface area contributed by atoms with Gasteiger partial charge in [-0.05, 0) is 61.9 Å². The number of carbonyl (C=O) groups is 1. The summed E-state index contributed by atoms with van der Waals surface area (Å²) in [7, 11) is 5.06. The number of benzene rings is 2. The minimum absolute atomic E-state index is 0.0765. The molecule has 0 radical (unpaired) electrons. The third-order valence-electron chi connectivity index (χ3n) is 5.66. The molecule has 1 aliphatic carbocycles. The Morgan fingerprint density at radius 3 is 2.66 bits per heavy atom. The van der Waals surface area contributed by atoms with Gasteiger partial charge in [-0.3, -0.25) is 9.79 Å². The van der Waals surface area contributed by atoms with Crippen molar-refractivity contribution >= 4 is 11.9 Å². The highest BCUT2D eigenvalue weighted by atomic mass is 16.5. The van der Waals surface area contributed by atoms with Crippen LogP contribution in [-0.2, 0) is 13.0 Å². The van der Waals surface area contributed by atoms with Crippen LogP contribution >= 0.6 is 0 Å². The average molecular weight is 439 g/mol. The number of carbonyl (C=O) groups excluding carboxylic acids is 1. The summed E-state index contributed by atoms with van der Waals surface area (Å²) in [4.78, 5) is 16.1. The molecule has 0 unspecified atom stereocenters. The lowest BCUT2D eigenvalue weighted by Crippen LogP contribution is -2.38. The number of rotatable bonds is 9. The Morgan fingerprint density at radius 1 is 1.12 bits per heavy atom. The number of aliphatic imine (C=N–C) groups is 1. The van der Waals surface area contributed by atoms with E-state index in [1.165, 1.54) is 12.8 Å². The summed E-state index contributed by atoms with van der Waals surface area (Å²) in [6, 6.07) is 13.6. The predicted octanol–water partition coefficient (Wildman–Crippen LogP) is 3.28. The van der Waals surface area contributed by atoms with Crippen molar-refractivity contribution in [3.63, 3.8) is 0 Å². The van der Waals surface area contributed by atoms with E-state index in [9.17, 15) is 4.79 Å². The smallest absolute Gasteiger partial charge is 0.251 e. The van der Waals surface area contributed by atoms with E-state index in [-0.39, 0.29) is 12.0 Å². The fraction of sp³-hybridized carbons (Fsp3) is 0.440. The maximum Gasteiger partial charge on any atom is 0.251 e. The van der Waals surface area contributed by atoms with Gasteiger partial charge in [-0.2, -0.15) is 0 Å². The molecule has 0 atom stereocenters. The van der Waals surface area contributed by atoms with Crippen molar-refractivity contribution in [2.45, 2.75) is 44.8 Å². The van der Waals surface area contributed by atoms with Gasteiger partial charge in [-0.1, -0.05) is 12.1 Å². The number of nitrogens with zero attached hydrogens (tertiary/aromatic N) is 1. The summed E-state index contributed by atoms with van der Waals surface area (Å²) < 4.78 is 11.7. The maximum atomic E-state index is 11.8. The van der Waals surface area contributed by atoms with E-state index in [1.54, 1.807) is 21.2 Å². The van der Waals surface area contributed by atoms with Crippen LogP contribution < -0.4 is 25.4 Å². The van der Waals surface area contributed by atoms with Crippen molar-refractivity contribution in [2.24, 2.45) is 4.99 Å². The monoisotopic (exact) mass is 438 g/mol. The van der Waals surface area contributed by atoms with Crippen LogP contribution in [0.15, 0.2) is 47.5 Å². The summed E-state index contributed by atoms with van der Waals surface area (Å²) in [5.74, 6) is 2.30. The largest absolute Gasteiger partial charge is 0.497 e. The van der Waals surface area contributed by atoms with Crippen LogP contribution in [0.1, 0.15) is 47.2 Å². The van der Waals surface area contributed by atoms with Crippen molar-refractivity contribution in [2.75, 3.05) is 27.7 Å². The molecule has 3 rings (SSSR count). The second-order valence-electron chi connectivity index (χ2n) is 7.88. The Balaban J connectivity index is 1.54. The molecule has 2 aromatic rings. The Morgan fingerprint density at radius 2 is 1.94 bits per heavy atom. The van der Waals surface area contributed by atoms with Gasteiger partial charge in [-0.15, -0.1) is 0 Å². The Hall–Kier alpha value is -3.22. The standard InChI is InChI=1S/C25H34N4O3/c1-26-24(30)19-8-6-7-18(15-19)13-14-28-25(27-2)29-17-20-11-12-22(31-3)16-23(20)32-21-9-4-5-10-21/h6-8,11-12,15-16,21H,4-5,9-10,13-14,17H2,1-3H3,(H,26,30)(H2,27,28,29). The summed E-state index contributed by atoms with van der Waals surface area (Å²) in [5, 5.41) is 9.36. The minimum Gasteiger partial charge on any atom is -0.497 e. The van der Waals surface area contributed by atoms with Crippen LogP contribution in [0.5, 0.6) is 11.5 Å². The molecule has 7 heteroatoms. The third-order valence-corrected chi connectivity index (χ3v) is 5.66. The number of amides is 1. The molecular weight excluding hydrogens is 404 g/mol. The highest BCUT2D eigenvalue weighted by molar-refractivity contribution is 5.94. The molecule has 0 bridgehead atoms. The zero-order chi connectivity index (χ0) is 22.8. The molecule has 172 valence electrons. The van der Waals surface area contributed by atoms with Gasteiger partial charge in [-0.25, -0.2) is 0 Å². The molecule has 1 fully saturated rings. The lowest BCUT2D eigenvalue weighted by atomic mass is 10.1. The molecule has 3 N–H and O–H groups in total. The van der Waals surface area contributed by atoms with Crippen LogP contribution in [0, 0.1) is 0 Å². The summed E-state index contributed by atoms with van der Waals surface area (Å²) in [5.41, 5.74) is 2.83. The minimum atomic E-state index is -0.0765. The zero-order valence-electron chi connectivity index (χ0n) is 19.2. The fourth-order valence-corrected chi connectivity index (χ4v) is 3.84. The van der Waals surface area contributed by atoms with Gasteiger partial charge in [0.1, 0.15) is 11.5 Å². The van der Waals surface area contributed by atoms with E-state index in [0.717, 1.165) is 47.8 Å². The van der Waals surface area contributed by atoms with Crippen molar-refractivity contribution in [1.29, 1.82) is 0 Å². The molecule has 32 heavy (non-hydrogen) atoms. The van der Waals surface area contributed by atoms with Gasteiger partial charge < -0.3 is 25.4 Å². The molecule has 0 heterocycles. The van der Waals surface area contributed by atoms with Gasteiger partial charge in [0.15, 0.2) is 5.96 Å².